The molecule has 24 heavy (non-hydrogen) atoms. The van der Waals surface area contributed by atoms with Crippen LogP contribution in [0.5, 0.6) is 5.75 Å². The molecule has 0 fully saturated rings. The molecule has 1 aromatic carbocycles. The quantitative estimate of drug-likeness (QED) is 0.418. The number of carbonyl (C=O) groups is 1. The first kappa shape index (κ1) is 14.3. The molecule has 0 unspecified atom stereocenters. The topological polar surface area (TPSA) is 87.7 Å². The van der Waals surface area contributed by atoms with Crippen molar-refractivity contribution in [2.24, 2.45) is 0 Å². The van der Waals surface area contributed by atoms with E-state index in [1.54, 1.807) is 40.5 Å². The number of benzene rings is 1. The van der Waals surface area contributed by atoms with Crippen molar-refractivity contribution in [2.45, 2.75) is 0 Å². The number of thiophene rings is 1. The van der Waals surface area contributed by atoms with Crippen molar-refractivity contribution in [1.82, 2.24) is 30.0 Å². The number of rotatable bonds is 4. The van der Waals surface area contributed by atoms with Gasteiger partial charge in [0.25, 0.3) is 0 Å². The van der Waals surface area contributed by atoms with Gasteiger partial charge in [0.15, 0.2) is 0 Å². The number of hydrogen-bond acceptors (Lipinski definition) is 7. The fourth-order valence-electron chi connectivity index (χ4n) is 2.17. The van der Waals surface area contributed by atoms with Crippen molar-refractivity contribution in [2.75, 3.05) is 0 Å². The van der Waals surface area contributed by atoms with Gasteiger partial charge in [-0.2, -0.15) is 9.78 Å². The summed E-state index contributed by atoms with van der Waals surface area (Å²) in [6.45, 7) is 0. The Morgan fingerprint density at radius 1 is 1.17 bits per heavy atom. The highest BCUT2D eigenvalue weighted by Crippen LogP contribution is 2.23. The van der Waals surface area contributed by atoms with E-state index < -0.39 is 5.97 Å². The lowest BCUT2D eigenvalue weighted by Gasteiger charge is -2.07. The molecule has 9 heteroatoms. The summed E-state index contributed by atoms with van der Waals surface area (Å²) in [4.78, 5) is 12.9. The average Bonchev–Trinajstić information content (AvgIpc) is 3.35. The molecule has 0 aliphatic carbocycles. The molecule has 0 spiro atoms. The zero-order valence-corrected chi connectivity index (χ0v) is 13.0. The van der Waals surface area contributed by atoms with Crippen LogP contribution in [0.3, 0.4) is 0 Å². The third kappa shape index (κ3) is 2.68. The van der Waals surface area contributed by atoms with Gasteiger partial charge in [0.05, 0.1) is 11.4 Å². The van der Waals surface area contributed by atoms with Crippen LogP contribution in [0.25, 0.3) is 11.4 Å². The minimum atomic E-state index is -0.465. The monoisotopic (exact) mass is 338 g/mol. The number of tetrazole rings is 1. The molecule has 0 aliphatic rings. The van der Waals surface area contributed by atoms with E-state index in [0.29, 0.717) is 16.3 Å². The molecule has 118 valence electrons. The Morgan fingerprint density at radius 2 is 2.12 bits per heavy atom. The van der Waals surface area contributed by atoms with E-state index in [9.17, 15) is 4.79 Å². The molecule has 0 N–H and O–H groups in total. The van der Waals surface area contributed by atoms with Crippen molar-refractivity contribution in [1.29, 1.82) is 0 Å². The molecule has 0 bridgehead atoms. The van der Waals surface area contributed by atoms with Crippen LogP contribution in [0.15, 0.2) is 60.5 Å². The Labute approximate surface area is 139 Å². The van der Waals surface area contributed by atoms with Crippen LogP contribution in [-0.2, 0) is 0 Å². The fraction of sp³-hybridized carbons (Fsp3) is 0. The second-order valence-corrected chi connectivity index (χ2v) is 5.64. The van der Waals surface area contributed by atoms with E-state index in [4.69, 9.17) is 4.74 Å². The van der Waals surface area contributed by atoms with Crippen LogP contribution < -0.4 is 4.74 Å². The Kier molecular flexibility index (Phi) is 3.60. The van der Waals surface area contributed by atoms with Crippen LogP contribution in [0.2, 0.25) is 0 Å². The van der Waals surface area contributed by atoms with E-state index >= 15 is 0 Å². The minimum absolute atomic E-state index is 0.423. The van der Waals surface area contributed by atoms with Gasteiger partial charge in [-0.15, -0.1) is 16.4 Å². The van der Waals surface area contributed by atoms with Crippen molar-refractivity contribution >= 4 is 17.3 Å². The smallest absolute Gasteiger partial charge is 0.355 e. The Bertz CT molecular complexity index is 962. The lowest BCUT2D eigenvalue weighted by Crippen LogP contribution is -2.10. The van der Waals surface area contributed by atoms with Gasteiger partial charge in [-0.25, -0.2) is 9.48 Å². The number of carbonyl (C=O) groups excluding carboxylic acids is 1. The van der Waals surface area contributed by atoms with Crippen LogP contribution in [0, 0.1) is 0 Å². The molecule has 3 heterocycles. The van der Waals surface area contributed by atoms with E-state index in [-0.39, 0.29) is 0 Å². The Morgan fingerprint density at radius 3 is 2.92 bits per heavy atom. The highest BCUT2D eigenvalue weighted by atomic mass is 32.1. The van der Waals surface area contributed by atoms with Crippen molar-refractivity contribution in [3.05, 3.63) is 65.4 Å². The second-order valence-electron chi connectivity index (χ2n) is 4.73. The van der Waals surface area contributed by atoms with Crippen molar-refractivity contribution in [3.63, 3.8) is 0 Å². The van der Waals surface area contributed by atoms with Gasteiger partial charge in [-0.1, -0.05) is 6.07 Å². The normalized spacial score (nSPS) is 10.7. The molecule has 4 rings (SSSR count). The Balaban J connectivity index is 1.60. The predicted octanol–water partition coefficient (Wildman–Crippen LogP) is 2.13. The van der Waals surface area contributed by atoms with Gasteiger partial charge < -0.3 is 4.74 Å². The zero-order chi connectivity index (χ0) is 16.4. The van der Waals surface area contributed by atoms with Gasteiger partial charge in [0, 0.05) is 18.5 Å². The molecular weight excluding hydrogens is 328 g/mol. The average molecular weight is 338 g/mol. The molecule has 0 amide bonds. The molecular formula is C15H10N6O2S. The summed E-state index contributed by atoms with van der Waals surface area (Å²) in [6.07, 6.45) is 4.93. The third-order valence-electron chi connectivity index (χ3n) is 3.22. The van der Waals surface area contributed by atoms with Gasteiger partial charge in [0.2, 0.25) is 0 Å². The molecule has 3 aromatic heterocycles. The summed E-state index contributed by atoms with van der Waals surface area (Å²) in [5.41, 5.74) is 1.38. The zero-order valence-electron chi connectivity index (χ0n) is 12.2. The van der Waals surface area contributed by atoms with Crippen LogP contribution >= 0.6 is 11.3 Å². The molecule has 0 aliphatic heterocycles. The third-order valence-corrected chi connectivity index (χ3v) is 4.11. The second kappa shape index (κ2) is 6.05. The number of ether oxygens (including phenoxy) is 1. The van der Waals surface area contributed by atoms with E-state index in [1.807, 2.05) is 18.3 Å². The first-order valence-corrected chi connectivity index (χ1v) is 7.82. The predicted molar refractivity (Wildman–Crippen MR) is 85.6 cm³/mol. The number of nitrogens with zero attached hydrogens (tertiary/aromatic N) is 6. The summed E-state index contributed by atoms with van der Waals surface area (Å²) in [6, 6.07) is 10.7. The molecule has 0 saturated carbocycles. The number of hydrogen-bond donors (Lipinski definition) is 0. The summed E-state index contributed by atoms with van der Waals surface area (Å²) in [5.74, 6) is -0.0304. The molecule has 8 nitrogen and oxygen atoms in total. The maximum absolute atomic E-state index is 12.5. The maximum atomic E-state index is 12.5. The summed E-state index contributed by atoms with van der Waals surface area (Å²) in [5, 5.41) is 16.9. The van der Waals surface area contributed by atoms with Gasteiger partial charge in [-0.3, -0.25) is 0 Å². The Hall–Kier alpha value is -3.33. The summed E-state index contributed by atoms with van der Waals surface area (Å²) < 4.78 is 8.60. The lowest BCUT2D eigenvalue weighted by molar-refractivity contribution is 0.0739. The highest BCUT2D eigenvalue weighted by Gasteiger charge is 2.18. The minimum Gasteiger partial charge on any atom is -0.422 e. The maximum Gasteiger partial charge on any atom is 0.355 e. The highest BCUT2D eigenvalue weighted by molar-refractivity contribution is 7.12. The first-order chi connectivity index (χ1) is 11.8. The molecule has 0 atom stereocenters. The van der Waals surface area contributed by atoms with E-state index in [0.717, 1.165) is 5.69 Å². The van der Waals surface area contributed by atoms with Crippen LogP contribution in [0.4, 0.5) is 0 Å². The molecule has 4 aromatic rings. The van der Waals surface area contributed by atoms with E-state index in [1.165, 1.54) is 22.3 Å². The summed E-state index contributed by atoms with van der Waals surface area (Å²) in [7, 11) is 0. The largest absolute Gasteiger partial charge is 0.422 e. The van der Waals surface area contributed by atoms with Gasteiger partial charge in [-0.05, 0) is 40.1 Å². The van der Waals surface area contributed by atoms with Crippen LogP contribution in [0.1, 0.15) is 9.67 Å². The van der Waals surface area contributed by atoms with Crippen molar-refractivity contribution in [3.8, 4) is 17.1 Å². The number of esters is 1. The molecule has 0 radical (unpaired) electrons. The van der Waals surface area contributed by atoms with Crippen molar-refractivity contribution < 1.29 is 9.53 Å². The first-order valence-electron chi connectivity index (χ1n) is 6.94. The van der Waals surface area contributed by atoms with Gasteiger partial charge in [0.1, 0.15) is 17.0 Å². The summed E-state index contributed by atoms with van der Waals surface area (Å²) >= 11 is 1.27. The number of aromatic nitrogens is 6. The fourth-order valence-corrected chi connectivity index (χ4v) is 2.93. The van der Waals surface area contributed by atoms with Crippen LogP contribution in [-0.4, -0.2) is 36.0 Å². The molecule has 0 saturated heterocycles. The standard InChI is InChI=1S/C15H10N6O2S/c22-15(14-13(5-8-24-14)21-10-16-18-19-21)23-12-4-1-3-11(9-12)20-7-2-6-17-20/h1-10H. The van der Waals surface area contributed by atoms with Gasteiger partial charge >= 0.3 is 5.97 Å². The SMILES string of the molecule is O=C(Oc1cccc(-n2cccn2)c1)c1sccc1-n1cnnn1. The van der Waals surface area contributed by atoms with E-state index in [2.05, 4.69) is 20.6 Å². The lowest BCUT2D eigenvalue weighted by atomic mass is 10.3.